The van der Waals surface area contributed by atoms with Crippen molar-refractivity contribution >= 4 is 5.91 Å². The van der Waals surface area contributed by atoms with E-state index in [2.05, 4.69) is 17.1 Å². The number of likely N-dealkylation sites (N-methyl/N-ethyl adjacent to an activating group) is 1. The van der Waals surface area contributed by atoms with Crippen molar-refractivity contribution < 1.29 is 9.53 Å². The zero-order valence-corrected chi connectivity index (χ0v) is 13.1. The third-order valence-corrected chi connectivity index (χ3v) is 4.62. The van der Waals surface area contributed by atoms with Crippen molar-refractivity contribution in [3.05, 3.63) is 0 Å². The van der Waals surface area contributed by atoms with Gasteiger partial charge < -0.3 is 15.0 Å². The van der Waals surface area contributed by atoms with Gasteiger partial charge in [0.2, 0.25) is 5.91 Å². The summed E-state index contributed by atoms with van der Waals surface area (Å²) in [6, 6.07) is 1.13. The van der Waals surface area contributed by atoms with Crippen LogP contribution in [-0.2, 0) is 9.53 Å². The first-order chi connectivity index (χ1) is 9.56. The molecule has 2 atom stereocenters. The van der Waals surface area contributed by atoms with E-state index in [-0.39, 0.29) is 5.91 Å². The third kappa shape index (κ3) is 4.43. The number of nitrogens with one attached hydrogen (secondary N) is 1. The molecule has 0 aromatic rings. The predicted molar refractivity (Wildman–Crippen MR) is 79.7 cm³/mol. The number of piperidine rings is 1. The maximum Gasteiger partial charge on any atom is 0.236 e. The minimum Gasteiger partial charge on any atom is -0.381 e. The maximum absolute atomic E-state index is 11.7. The molecule has 116 valence electrons. The topological polar surface area (TPSA) is 44.8 Å². The first-order valence-corrected chi connectivity index (χ1v) is 7.82. The lowest BCUT2D eigenvalue weighted by molar-refractivity contribution is -0.130. The summed E-state index contributed by atoms with van der Waals surface area (Å²) >= 11 is 0. The SMILES string of the molecule is CC(NC1CCN(CC(=O)N(C)C)CC1)C1CCOC1. The number of hydrogen-bond acceptors (Lipinski definition) is 4. The molecule has 0 aromatic carbocycles. The number of hydrogen-bond donors (Lipinski definition) is 1. The molecule has 0 saturated carbocycles. The highest BCUT2D eigenvalue weighted by Gasteiger charge is 2.26. The van der Waals surface area contributed by atoms with Gasteiger partial charge in [-0.3, -0.25) is 9.69 Å². The van der Waals surface area contributed by atoms with Crippen LogP contribution in [0.2, 0.25) is 0 Å². The molecule has 0 bridgehead atoms. The summed E-state index contributed by atoms with van der Waals surface area (Å²) in [5, 5.41) is 3.76. The summed E-state index contributed by atoms with van der Waals surface area (Å²) in [4.78, 5) is 15.6. The van der Waals surface area contributed by atoms with Gasteiger partial charge in [0.1, 0.15) is 0 Å². The quantitative estimate of drug-likeness (QED) is 0.800. The summed E-state index contributed by atoms with van der Waals surface area (Å²) in [5.74, 6) is 0.872. The highest BCUT2D eigenvalue weighted by atomic mass is 16.5. The molecule has 2 saturated heterocycles. The summed E-state index contributed by atoms with van der Waals surface area (Å²) in [6.07, 6.45) is 3.46. The van der Waals surface area contributed by atoms with Crippen LogP contribution in [0.5, 0.6) is 0 Å². The van der Waals surface area contributed by atoms with Crippen LogP contribution in [0.1, 0.15) is 26.2 Å². The monoisotopic (exact) mass is 283 g/mol. The fourth-order valence-electron chi connectivity index (χ4n) is 3.05. The minimum absolute atomic E-state index is 0.202. The zero-order valence-electron chi connectivity index (χ0n) is 13.1. The van der Waals surface area contributed by atoms with Crippen molar-refractivity contribution in [1.82, 2.24) is 15.1 Å². The summed E-state index contributed by atoms with van der Waals surface area (Å²) in [5.41, 5.74) is 0. The third-order valence-electron chi connectivity index (χ3n) is 4.62. The highest BCUT2D eigenvalue weighted by molar-refractivity contribution is 5.77. The molecular weight excluding hydrogens is 254 g/mol. The lowest BCUT2D eigenvalue weighted by Crippen LogP contribution is -2.49. The van der Waals surface area contributed by atoms with Gasteiger partial charge in [0.15, 0.2) is 0 Å². The molecule has 2 heterocycles. The normalized spacial score (nSPS) is 26.6. The number of carbonyl (C=O) groups excluding carboxylic acids is 1. The van der Waals surface area contributed by atoms with Crippen LogP contribution in [-0.4, -0.2) is 74.7 Å². The Balaban J connectivity index is 1.67. The molecule has 0 aromatic heterocycles. The number of carbonyl (C=O) groups is 1. The van der Waals surface area contributed by atoms with Gasteiger partial charge in [0.25, 0.3) is 0 Å². The van der Waals surface area contributed by atoms with Crippen LogP contribution in [0.25, 0.3) is 0 Å². The molecule has 2 unspecified atom stereocenters. The average Bonchev–Trinajstić information content (AvgIpc) is 2.95. The number of rotatable bonds is 5. The second kappa shape index (κ2) is 7.38. The molecule has 0 radical (unpaired) electrons. The van der Waals surface area contributed by atoms with Crippen LogP contribution in [0, 0.1) is 5.92 Å². The molecule has 0 spiro atoms. The molecule has 20 heavy (non-hydrogen) atoms. The van der Waals surface area contributed by atoms with E-state index in [0.717, 1.165) is 39.1 Å². The fourth-order valence-corrected chi connectivity index (χ4v) is 3.05. The van der Waals surface area contributed by atoms with Gasteiger partial charge in [-0.2, -0.15) is 0 Å². The standard InChI is InChI=1S/C15H29N3O2/c1-12(13-6-9-20-11-13)16-14-4-7-18(8-5-14)10-15(19)17(2)3/h12-14,16H,4-11H2,1-3H3. The molecule has 2 fully saturated rings. The maximum atomic E-state index is 11.7. The van der Waals surface area contributed by atoms with E-state index < -0.39 is 0 Å². The Bertz CT molecular complexity index is 308. The number of amides is 1. The van der Waals surface area contributed by atoms with Crippen molar-refractivity contribution in [2.24, 2.45) is 5.92 Å². The molecule has 0 aliphatic carbocycles. The lowest BCUT2D eigenvalue weighted by atomic mass is 9.97. The molecule has 5 nitrogen and oxygen atoms in total. The van der Waals surface area contributed by atoms with Gasteiger partial charge in [-0.25, -0.2) is 0 Å². The summed E-state index contributed by atoms with van der Waals surface area (Å²) in [6.45, 7) is 6.70. The Morgan fingerprint density at radius 1 is 1.35 bits per heavy atom. The molecule has 1 N–H and O–H groups in total. The van der Waals surface area contributed by atoms with Crippen molar-refractivity contribution in [2.45, 2.75) is 38.3 Å². The van der Waals surface area contributed by atoms with Gasteiger partial charge >= 0.3 is 0 Å². The van der Waals surface area contributed by atoms with E-state index in [4.69, 9.17) is 4.74 Å². The Morgan fingerprint density at radius 3 is 2.60 bits per heavy atom. The number of nitrogens with zero attached hydrogens (tertiary/aromatic N) is 2. The van der Waals surface area contributed by atoms with Crippen molar-refractivity contribution in [3.8, 4) is 0 Å². The zero-order chi connectivity index (χ0) is 14.5. The molecule has 2 aliphatic heterocycles. The molecule has 2 rings (SSSR count). The van der Waals surface area contributed by atoms with E-state index in [1.165, 1.54) is 6.42 Å². The number of likely N-dealkylation sites (tertiary alicyclic amines) is 1. The predicted octanol–water partition coefficient (Wildman–Crippen LogP) is 0.554. The fraction of sp³-hybridized carbons (Fsp3) is 0.933. The minimum atomic E-state index is 0.202. The Labute approximate surface area is 122 Å². The van der Waals surface area contributed by atoms with Gasteiger partial charge in [-0.15, -0.1) is 0 Å². The molecular formula is C15H29N3O2. The van der Waals surface area contributed by atoms with Crippen LogP contribution in [0.3, 0.4) is 0 Å². The van der Waals surface area contributed by atoms with Crippen LogP contribution in [0.4, 0.5) is 0 Å². The molecule has 2 aliphatic rings. The molecule has 1 amide bonds. The van der Waals surface area contributed by atoms with Gasteiger partial charge in [0.05, 0.1) is 13.2 Å². The van der Waals surface area contributed by atoms with E-state index in [9.17, 15) is 4.79 Å². The Morgan fingerprint density at radius 2 is 2.05 bits per heavy atom. The average molecular weight is 283 g/mol. The van der Waals surface area contributed by atoms with Crippen molar-refractivity contribution in [2.75, 3.05) is 46.9 Å². The molecule has 5 heteroatoms. The Kier molecular flexibility index (Phi) is 5.81. The smallest absolute Gasteiger partial charge is 0.236 e. The van der Waals surface area contributed by atoms with Crippen molar-refractivity contribution in [3.63, 3.8) is 0 Å². The summed E-state index contributed by atoms with van der Waals surface area (Å²) in [7, 11) is 3.64. The van der Waals surface area contributed by atoms with E-state index >= 15 is 0 Å². The van der Waals surface area contributed by atoms with Crippen LogP contribution in [0.15, 0.2) is 0 Å². The van der Waals surface area contributed by atoms with Crippen LogP contribution >= 0.6 is 0 Å². The highest BCUT2D eigenvalue weighted by Crippen LogP contribution is 2.19. The summed E-state index contributed by atoms with van der Waals surface area (Å²) < 4.78 is 5.46. The van der Waals surface area contributed by atoms with Crippen molar-refractivity contribution in [1.29, 1.82) is 0 Å². The Hall–Kier alpha value is -0.650. The first-order valence-electron chi connectivity index (χ1n) is 7.82. The van der Waals surface area contributed by atoms with Gasteiger partial charge in [0, 0.05) is 45.9 Å². The van der Waals surface area contributed by atoms with Crippen LogP contribution < -0.4 is 5.32 Å². The number of ether oxygens (including phenoxy) is 1. The van der Waals surface area contributed by atoms with E-state index in [1.807, 2.05) is 14.1 Å². The second-order valence-corrected chi connectivity index (χ2v) is 6.42. The lowest BCUT2D eigenvalue weighted by Gasteiger charge is -2.35. The second-order valence-electron chi connectivity index (χ2n) is 6.42. The largest absolute Gasteiger partial charge is 0.381 e. The first kappa shape index (κ1) is 15.7. The van der Waals surface area contributed by atoms with Gasteiger partial charge in [-0.05, 0) is 32.1 Å². The van der Waals surface area contributed by atoms with Gasteiger partial charge in [-0.1, -0.05) is 0 Å². The van der Waals surface area contributed by atoms with E-state index in [0.29, 0.717) is 24.5 Å². The van der Waals surface area contributed by atoms with E-state index in [1.54, 1.807) is 4.90 Å².